The van der Waals surface area contributed by atoms with E-state index in [0.29, 0.717) is 0 Å². The largest absolute Gasteiger partial charge is 0.378 e. The Hall–Kier alpha value is -2.55. The fourth-order valence-corrected chi connectivity index (χ4v) is 2.23. The molecule has 0 fully saturated rings. The van der Waals surface area contributed by atoms with E-state index in [2.05, 4.69) is 52.1 Å². The van der Waals surface area contributed by atoms with E-state index in [9.17, 15) is 0 Å². The minimum atomic E-state index is 0.226. The first-order valence-electron chi connectivity index (χ1n) is 6.73. The maximum absolute atomic E-state index is 4.16. The molecule has 0 spiro atoms. The van der Waals surface area contributed by atoms with Crippen molar-refractivity contribution in [1.82, 2.24) is 9.55 Å². The van der Waals surface area contributed by atoms with Crippen molar-refractivity contribution in [2.75, 3.05) is 5.32 Å². The monoisotopic (exact) mass is 263 g/mol. The van der Waals surface area contributed by atoms with Gasteiger partial charge < -0.3 is 9.88 Å². The van der Waals surface area contributed by atoms with Gasteiger partial charge in [-0.05, 0) is 48.9 Å². The van der Waals surface area contributed by atoms with Crippen LogP contribution in [0.1, 0.15) is 18.5 Å². The van der Waals surface area contributed by atoms with Crippen LogP contribution in [-0.4, -0.2) is 9.55 Å². The third kappa shape index (κ3) is 2.72. The lowest BCUT2D eigenvalue weighted by Gasteiger charge is -2.16. The highest BCUT2D eigenvalue weighted by atomic mass is 15.0. The van der Waals surface area contributed by atoms with Gasteiger partial charge in [0.05, 0.1) is 6.04 Å². The SMILES string of the molecule is CC(Nc1cccc(-n2cccc2)c1)c1cccnc1. The highest BCUT2D eigenvalue weighted by molar-refractivity contribution is 5.52. The van der Waals surface area contributed by atoms with Crippen LogP contribution in [0.5, 0.6) is 0 Å². The van der Waals surface area contributed by atoms with E-state index in [0.717, 1.165) is 11.4 Å². The maximum atomic E-state index is 4.16. The van der Waals surface area contributed by atoms with Crippen LogP contribution in [0.2, 0.25) is 0 Å². The van der Waals surface area contributed by atoms with Gasteiger partial charge in [0.2, 0.25) is 0 Å². The molecular formula is C17H17N3. The van der Waals surface area contributed by atoms with Gasteiger partial charge in [0, 0.05) is 36.2 Å². The smallest absolute Gasteiger partial charge is 0.0500 e. The molecule has 0 saturated heterocycles. The second-order valence-corrected chi connectivity index (χ2v) is 4.79. The summed E-state index contributed by atoms with van der Waals surface area (Å²) >= 11 is 0. The fraction of sp³-hybridized carbons (Fsp3) is 0.118. The average Bonchev–Trinajstić information content (AvgIpc) is 3.03. The summed E-state index contributed by atoms with van der Waals surface area (Å²) in [7, 11) is 0. The van der Waals surface area contributed by atoms with Gasteiger partial charge in [-0.2, -0.15) is 0 Å². The standard InChI is InChI=1S/C17H17N3/c1-14(15-6-5-9-18-13-15)19-16-7-4-8-17(12-16)20-10-2-3-11-20/h2-14,19H,1H3. The number of nitrogens with one attached hydrogen (secondary N) is 1. The Labute approximate surface area is 118 Å². The van der Waals surface area contributed by atoms with Gasteiger partial charge in [-0.3, -0.25) is 4.98 Å². The Morgan fingerprint density at radius 1 is 1.05 bits per heavy atom. The van der Waals surface area contributed by atoms with Crippen molar-refractivity contribution < 1.29 is 0 Å². The molecular weight excluding hydrogens is 246 g/mol. The first-order valence-corrected chi connectivity index (χ1v) is 6.73. The lowest BCUT2D eigenvalue weighted by Crippen LogP contribution is -2.07. The molecule has 2 aromatic heterocycles. The molecule has 3 nitrogen and oxygen atoms in total. The number of anilines is 1. The van der Waals surface area contributed by atoms with Gasteiger partial charge >= 0.3 is 0 Å². The van der Waals surface area contributed by atoms with E-state index in [4.69, 9.17) is 0 Å². The van der Waals surface area contributed by atoms with Crippen LogP contribution in [0, 0.1) is 0 Å². The van der Waals surface area contributed by atoms with E-state index in [1.165, 1.54) is 5.56 Å². The molecule has 1 aromatic carbocycles. The van der Waals surface area contributed by atoms with Crippen molar-refractivity contribution in [3.05, 3.63) is 78.9 Å². The number of benzene rings is 1. The molecule has 0 amide bonds. The Balaban J connectivity index is 1.80. The molecule has 1 atom stereocenters. The average molecular weight is 263 g/mol. The van der Waals surface area contributed by atoms with E-state index in [1.807, 2.05) is 36.8 Å². The van der Waals surface area contributed by atoms with E-state index < -0.39 is 0 Å². The van der Waals surface area contributed by atoms with Gasteiger partial charge in [0.25, 0.3) is 0 Å². The van der Waals surface area contributed by atoms with Gasteiger partial charge in [-0.25, -0.2) is 0 Å². The maximum Gasteiger partial charge on any atom is 0.0500 e. The molecule has 3 rings (SSSR count). The minimum Gasteiger partial charge on any atom is -0.378 e. The quantitative estimate of drug-likeness (QED) is 0.769. The highest BCUT2D eigenvalue weighted by Crippen LogP contribution is 2.20. The van der Waals surface area contributed by atoms with Crippen LogP contribution in [0.3, 0.4) is 0 Å². The Morgan fingerprint density at radius 2 is 1.90 bits per heavy atom. The third-order valence-corrected chi connectivity index (χ3v) is 3.32. The summed E-state index contributed by atoms with van der Waals surface area (Å²) in [4.78, 5) is 4.16. The van der Waals surface area contributed by atoms with E-state index >= 15 is 0 Å². The molecule has 3 heteroatoms. The van der Waals surface area contributed by atoms with Crippen molar-refractivity contribution in [1.29, 1.82) is 0 Å². The van der Waals surface area contributed by atoms with Crippen LogP contribution in [-0.2, 0) is 0 Å². The first-order chi connectivity index (χ1) is 9.83. The summed E-state index contributed by atoms with van der Waals surface area (Å²) in [6, 6.07) is 16.7. The number of pyridine rings is 1. The zero-order chi connectivity index (χ0) is 13.8. The second-order valence-electron chi connectivity index (χ2n) is 4.79. The number of hydrogen-bond acceptors (Lipinski definition) is 2. The Kier molecular flexibility index (Phi) is 3.50. The summed E-state index contributed by atoms with van der Waals surface area (Å²) < 4.78 is 2.10. The summed E-state index contributed by atoms with van der Waals surface area (Å²) in [5.74, 6) is 0. The fourth-order valence-electron chi connectivity index (χ4n) is 2.23. The molecule has 0 aliphatic carbocycles. The molecule has 0 aliphatic rings. The van der Waals surface area contributed by atoms with E-state index in [1.54, 1.807) is 6.20 Å². The number of hydrogen-bond donors (Lipinski definition) is 1. The molecule has 1 N–H and O–H groups in total. The summed E-state index contributed by atoms with van der Waals surface area (Å²) in [6.07, 6.45) is 7.78. The van der Waals surface area contributed by atoms with Gasteiger partial charge in [0.1, 0.15) is 0 Å². The van der Waals surface area contributed by atoms with Gasteiger partial charge in [0.15, 0.2) is 0 Å². The molecule has 0 radical (unpaired) electrons. The predicted octanol–water partition coefficient (Wildman–Crippen LogP) is 4.05. The number of rotatable bonds is 4. The lowest BCUT2D eigenvalue weighted by atomic mass is 10.1. The van der Waals surface area contributed by atoms with Crippen LogP contribution >= 0.6 is 0 Å². The molecule has 20 heavy (non-hydrogen) atoms. The number of nitrogens with zero attached hydrogens (tertiary/aromatic N) is 2. The van der Waals surface area contributed by atoms with Gasteiger partial charge in [-0.15, -0.1) is 0 Å². The predicted molar refractivity (Wildman–Crippen MR) is 82.0 cm³/mol. The van der Waals surface area contributed by atoms with Crippen molar-refractivity contribution >= 4 is 5.69 Å². The molecule has 2 heterocycles. The summed E-state index contributed by atoms with van der Waals surface area (Å²) in [5, 5.41) is 3.51. The zero-order valence-electron chi connectivity index (χ0n) is 11.4. The van der Waals surface area contributed by atoms with Crippen molar-refractivity contribution in [3.63, 3.8) is 0 Å². The Morgan fingerprint density at radius 3 is 2.65 bits per heavy atom. The molecule has 0 saturated carbocycles. The second kappa shape index (κ2) is 5.61. The normalized spacial score (nSPS) is 12.1. The zero-order valence-corrected chi connectivity index (χ0v) is 11.4. The van der Waals surface area contributed by atoms with Crippen LogP contribution in [0.25, 0.3) is 5.69 Å². The van der Waals surface area contributed by atoms with Crippen molar-refractivity contribution in [2.24, 2.45) is 0 Å². The first kappa shape index (κ1) is 12.5. The summed E-state index contributed by atoms with van der Waals surface area (Å²) in [5.41, 5.74) is 3.44. The van der Waals surface area contributed by atoms with Crippen molar-refractivity contribution in [2.45, 2.75) is 13.0 Å². The lowest BCUT2D eigenvalue weighted by molar-refractivity contribution is 0.875. The molecule has 3 aromatic rings. The minimum absolute atomic E-state index is 0.226. The summed E-state index contributed by atoms with van der Waals surface area (Å²) in [6.45, 7) is 2.14. The van der Waals surface area contributed by atoms with Crippen LogP contribution < -0.4 is 5.32 Å². The van der Waals surface area contributed by atoms with Crippen LogP contribution in [0.15, 0.2) is 73.3 Å². The molecule has 100 valence electrons. The van der Waals surface area contributed by atoms with E-state index in [-0.39, 0.29) is 6.04 Å². The van der Waals surface area contributed by atoms with Gasteiger partial charge in [-0.1, -0.05) is 12.1 Å². The Bertz CT molecular complexity index is 660. The van der Waals surface area contributed by atoms with Crippen LogP contribution in [0.4, 0.5) is 5.69 Å². The van der Waals surface area contributed by atoms with Crippen molar-refractivity contribution in [3.8, 4) is 5.69 Å². The molecule has 0 aliphatic heterocycles. The topological polar surface area (TPSA) is 29.9 Å². The molecule has 0 bridgehead atoms. The number of aromatic nitrogens is 2. The third-order valence-electron chi connectivity index (χ3n) is 3.32. The highest BCUT2D eigenvalue weighted by Gasteiger charge is 2.05. The molecule has 1 unspecified atom stereocenters.